The SMILES string of the molecule is CCCC(NC(=O)C1CCC2=NC3=CC=CC3=C2C1)N1CCN(c2cccc(Cl)c2C)CC1.Cl. The van der Waals surface area contributed by atoms with E-state index in [1.54, 1.807) is 0 Å². The Morgan fingerprint density at radius 1 is 1.26 bits per heavy atom. The summed E-state index contributed by atoms with van der Waals surface area (Å²) in [5.41, 5.74) is 7.17. The predicted molar refractivity (Wildman–Crippen MR) is 143 cm³/mol. The second-order valence-corrected chi connectivity index (χ2v) is 9.93. The van der Waals surface area contributed by atoms with E-state index in [1.807, 2.05) is 12.1 Å². The number of hydrogen-bond donors (Lipinski definition) is 1. The molecule has 1 N–H and O–H groups in total. The zero-order chi connectivity index (χ0) is 22.9. The lowest BCUT2D eigenvalue weighted by Crippen LogP contribution is -2.56. The molecule has 1 saturated carbocycles. The highest BCUT2D eigenvalue weighted by Gasteiger charge is 2.34. The van der Waals surface area contributed by atoms with E-state index in [2.05, 4.69) is 53.3 Å². The van der Waals surface area contributed by atoms with Gasteiger partial charge < -0.3 is 10.2 Å². The third-order valence-electron chi connectivity index (χ3n) is 7.48. The van der Waals surface area contributed by atoms with Gasteiger partial charge in [-0.3, -0.25) is 14.7 Å². The Morgan fingerprint density at radius 3 is 2.82 bits per heavy atom. The fourth-order valence-corrected chi connectivity index (χ4v) is 5.73. The van der Waals surface area contributed by atoms with Crippen LogP contribution in [-0.2, 0) is 4.79 Å². The molecule has 182 valence electrons. The fraction of sp³-hybridized carbons (Fsp3) is 0.481. The Kier molecular flexibility index (Phi) is 7.86. The number of halogens is 2. The van der Waals surface area contributed by atoms with Crippen LogP contribution in [0.2, 0.25) is 5.02 Å². The van der Waals surface area contributed by atoms with E-state index in [0.717, 1.165) is 74.6 Å². The maximum Gasteiger partial charge on any atom is 0.224 e. The summed E-state index contributed by atoms with van der Waals surface area (Å²) < 4.78 is 0. The number of nitrogens with zero attached hydrogens (tertiary/aromatic N) is 3. The van der Waals surface area contributed by atoms with E-state index in [-0.39, 0.29) is 30.4 Å². The number of piperazine rings is 1. The summed E-state index contributed by atoms with van der Waals surface area (Å²) in [6.07, 6.45) is 11.0. The number of nitrogens with one attached hydrogen (secondary N) is 1. The summed E-state index contributed by atoms with van der Waals surface area (Å²) in [6.45, 7) is 8.04. The zero-order valence-corrected chi connectivity index (χ0v) is 21.6. The molecule has 4 aliphatic rings. The van der Waals surface area contributed by atoms with Crippen molar-refractivity contribution in [3.05, 3.63) is 63.9 Å². The second kappa shape index (κ2) is 10.7. The van der Waals surface area contributed by atoms with Crippen molar-refractivity contribution < 1.29 is 4.79 Å². The predicted octanol–water partition coefficient (Wildman–Crippen LogP) is 5.44. The summed E-state index contributed by atoms with van der Waals surface area (Å²) in [5, 5.41) is 4.24. The molecule has 1 aromatic rings. The first kappa shape index (κ1) is 25.0. The lowest BCUT2D eigenvalue weighted by atomic mass is 9.82. The first-order valence-electron chi connectivity index (χ1n) is 12.3. The molecule has 2 aliphatic heterocycles. The smallest absolute Gasteiger partial charge is 0.224 e. The zero-order valence-electron chi connectivity index (χ0n) is 20.0. The Balaban J connectivity index is 0.00000274. The molecule has 5 nitrogen and oxygen atoms in total. The lowest BCUT2D eigenvalue weighted by Gasteiger charge is -2.41. The van der Waals surface area contributed by atoms with Gasteiger partial charge in [0.25, 0.3) is 0 Å². The topological polar surface area (TPSA) is 47.9 Å². The van der Waals surface area contributed by atoms with Gasteiger partial charge in [-0.2, -0.15) is 0 Å². The molecular formula is C27H34Cl2N4O. The van der Waals surface area contributed by atoms with Gasteiger partial charge in [-0.15, -0.1) is 12.4 Å². The van der Waals surface area contributed by atoms with Gasteiger partial charge in [-0.1, -0.05) is 43.2 Å². The monoisotopic (exact) mass is 500 g/mol. The Bertz CT molecular complexity index is 1070. The van der Waals surface area contributed by atoms with Crippen LogP contribution < -0.4 is 10.2 Å². The Hall–Kier alpha value is -2.08. The molecule has 0 bridgehead atoms. The molecule has 0 spiro atoms. The highest BCUT2D eigenvalue weighted by molar-refractivity contribution is 6.31. The maximum atomic E-state index is 13.3. The third kappa shape index (κ3) is 4.84. The van der Waals surface area contributed by atoms with Crippen molar-refractivity contribution in [2.45, 2.75) is 52.1 Å². The van der Waals surface area contributed by atoms with Crippen molar-refractivity contribution in [1.82, 2.24) is 10.2 Å². The maximum absolute atomic E-state index is 13.3. The van der Waals surface area contributed by atoms with Crippen LogP contribution in [0.4, 0.5) is 5.69 Å². The van der Waals surface area contributed by atoms with Crippen LogP contribution in [-0.4, -0.2) is 48.9 Å². The van der Waals surface area contributed by atoms with Crippen LogP contribution >= 0.6 is 24.0 Å². The number of carbonyl (C=O) groups excluding carboxylic acids is 1. The van der Waals surface area contributed by atoms with E-state index in [1.165, 1.54) is 22.5 Å². The molecule has 2 unspecified atom stereocenters. The van der Waals surface area contributed by atoms with Crippen LogP contribution in [0, 0.1) is 12.8 Å². The summed E-state index contributed by atoms with van der Waals surface area (Å²) >= 11 is 6.35. The van der Waals surface area contributed by atoms with Crippen LogP contribution in [0.5, 0.6) is 0 Å². The number of benzene rings is 1. The van der Waals surface area contributed by atoms with Gasteiger partial charge >= 0.3 is 0 Å². The Labute approximate surface area is 214 Å². The summed E-state index contributed by atoms with van der Waals surface area (Å²) in [4.78, 5) is 22.9. The molecule has 2 fully saturated rings. The molecule has 7 heteroatoms. The quantitative estimate of drug-likeness (QED) is 0.565. The van der Waals surface area contributed by atoms with Crippen LogP contribution in [0.1, 0.15) is 44.6 Å². The number of amides is 1. The van der Waals surface area contributed by atoms with Gasteiger partial charge in [0.05, 0.1) is 11.9 Å². The largest absolute Gasteiger partial charge is 0.369 e. The van der Waals surface area contributed by atoms with Crippen molar-refractivity contribution in [3.63, 3.8) is 0 Å². The van der Waals surface area contributed by atoms with E-state index in [4.69, 9.17) is 16.6 Å². The van der Waals surface area contributed by atoms with E-state index < -0.39 is 0 Å². The minimum absolute atomic E-state index is 0. The van der Waals surface area contributed by atoms with E-state index in [0.29, 0.717) is 0 Å². The number of carbonyl (C=O) groups is 1. The van der Waals surface area contributed by atoms with Crippen molar-refractivity contribution in [1.29, 1.82) is 0 Å². The van der Waals surface area contributed by atoms with Crippen molar-refractivity contribution in [2.75, 3.05) is 31.1 Å². The molecular weight excluding hydrogens is 467 g/mol. The summed E-state index contributed by atoms with van der Waals surface area (Å²) in [5.74, 6) is 0.239. The van der Waals surface area contributed by atoms with Gasteiger partial charge in [-0.25, -0.2) is 0 Å². The van der Waals surface area contributed by atoms with Crippen molar-refractivity contribution >= 4 is 41.3 Å². The summed E-state index contributed by atoms with van der Waals surface area (Å²) in [6, 6.07) is 6.13. The average molecular weight is 502 g/mol. The van der Waals surface area contributed by atoms with Crippen LogP contribution in [0.15, 0.2) is 58.3 Å². The van der Waals surface area contributed by atoms with Gasteiger partial charge in [-0.05, 0) is 62.0 Å². The lowest BCUT2D eigenvalue weighted by molar-refractivity contribution is -0.127. The minimum atomic E-state index is 0. The first-order valence-corrected chi connectivity index (χ1v) is 12.7. The van der Waals surface area contributed by atoms with Gasteiger partial charge in [0.2, 0.25) is 5.91 Å². The number of fused-ring (bicyclic) bond motifs is 2. The van der Waals surface area contributed by atoms with Crippen molar-refractivity contribution in [2.24, 2.45) is 10.9 Å². The summed E-state index contributed by atoms with van der Waals surface area (Å²) in [7, 11) is 0. The number of allylic oxidation sites excluding steroid dienone is 4. The Morgan fingerprint density at radius 2 is 2.06 bits per heavy atom. The van der Waals surface area contributed by atoms with Gasteiger partial charge in [0.1, 0.15) is 0 Å². The van der Waals surface area contributed by atoms with E-state index in [9.17, 15) is 4.79 Å². The number of hydrogen-bond acceptors (Lipinski definition) is 4. The average Bonchev–Trinajstić information content (AvgIpc) is 3.42. The normalized spacial score (nSPS) is 22.6. The van der Waals surface area contributed by atoms with E-state index >= 15 is 0 Å². The second-order valence-electron chi connectivity index (χ2n) is 9.52. The molecule has 5 rings (SSSR count). The highest BCUT2D eigenvalue weighted by atomic mass is 35.5. The molecule has 1 saturated heterocycles. The van der Waals surface area contributed by atoms with Crippen molar-refractivity contribution in [3.8, 4) is 0 Å². The molecule has 2 aliphatic carbocycles. The highest BCUT2D eigenvalue weighted by Crippen LogP contribution is 2.39. The molecule has 0 radical (unpaired) electrons. The first-order chi connectivity index (χ1) is 16.0. The van der Waals surface area contributed by atoms with Crippen LogP contribution in [0.3, 0.4) is 0 Å². The minimum Gasteiger partial charge on any atom is -0.369 e. The molecule has 2 heterocycles. The van der Waals surface area contributed by atoms with Gasteiger partial charge in [0.15, 0.2) is 0 Å². The third-order valence-corrected chi connectivity index (χ3v) is 7.89. The number of rotatable bonds is 6. The molecule has 34 heavy (non-hydrogen) atoms. The fourth-order valence-electron chi connectivity index (χ4n) is 5.56. The van der Waals surface area contributed by atoms with Crippen LogP contribution in [0.25, 0.3) is 0 Å². The number of anilines is 1. The number of aliphatic imine (C=N–C) groups is 1. The van der Waals surface area contributed by atoms with Gasteiger partial charge in [0, 0.05) is 54.1 Å². The standard InChI is InChI=1S/C27H33ClN4O.ClH/c1-3-6-26(32-15-13-31(14-16-32)25-10-5-8-22(28)18(25)2)30-27(33)19-11-12-24-21(17-19)20-7-4-9-23(20)29-24;/h4-5,7-10,19,26H,3,6,11-17H2,1-2H3,(H,30,33);1H. The molecule has 0 aromatic heterocycles. The molecule has 1 amide bonds. The molecule has 2 atom stereocenters. The molecule has 1 aromatic carbocycles.